The zero-order chi connectivity index (χ0) is 18.9. The SMILES string of the molecule is Cc1nc(O)c(O)[nH]1.O=S(=O)(NS(=O)(=O)C(F)(F)F)C(F)(F)F. The quantitative estimate of drug-likeness (QED) is 0.530. The van der Waals surface area contributed by atoms with Crippen molar-refractivity contribution < 1.29 is 53.4 Å². The zero-order valence-corrected chi connectivity index (χ0v) is 12.2. The maximum absolute atomic E-state index is 11.5. The van der Waals surface area contributed by atoms with Gasteiger partial charge < -0.3 is 15.2 Å². The fourth-order valence-corrected chi connectivity index (χ4v) is 2.62. The van der Waals surface area contributed by atoms with Crippen LogP contribution in [0.1, 0.15) is 5.82 Å². The summed E-state index contributed by atoms with van der Waals surface area (Å²) in [5.74, 6) is -0.120. The van der Waals surface area contributed by atoms with E-state index in [0.717, 1.165) is 0 Å². The summed E-state index contributed by atoms with van der Waals surface area (Å²) < 4.78 is 108. The van der Waals surface area contributed by atoms with Gasteiger partial charge >= 0.3 is 31.1 Å². The number of alkyl halides is 6. The summed E-state index contributed by atoms with van der Waals surface area (Å²) in [6, 6.07) is 0. The Morgan fingerprint density at radius 1 is 0.957 bits per heavy atom. The molecule has 0 aliphatic heterocycles. The second-order valence-electron chi connectivity index (χ2n) is 3.48. The van der Waals surface area contributed by atoms with Crippen LogP contribution in [0.5, 0.6) is 11.8 Å². The number of aromatic amines is 1. The van der Waals surface area contributed by atoms with E-state index in [1.165, 1.54) is 0 Å². The van der Waals surface area contributed by atoms with E-state index in [1.807, 2.05) is 0 Å². The number of hydrogen-bond donors (Lipinski definition) is 4. The van der Waals surface area contributed by atoms with E-state index in [1.54, 1.807) is 6.92 Å². The van der Waals surface area contributed by atoms with Crippen molar-refractivity contribution in [2.24, 2.45) is 0 Å². The fraction of sp³-hybridized carbons (Fsp3) is 0.500. The third kappa shape index (κ3) is 5.75. The van der Waals surface area contributed by atoms with Crippen LogP contribution in [0.25, 0.3) is 0 Å². The number of halogens is 6. The fourth-order valence-electron chi connectivity index (χ4n) is 0.706. The van der Waals surface area contributed by atoms with Crippen LogP contribution in [-0.4, -0.2) is 48.0 Å². The Morgan fingerprint density at radius 2 is 1.30 bits per heavy atom. The second-order valence-corrected chi connectivity index (χ2v) is 7.08. The van der Waals surface area contributed by atoms with Crippen LogP contribution in [0.2, 0.25) is 0 Å². The van der Waals surface area contributed by atoms with Crippen molar-refractivity contribution >= 4 is 20.0 Å². The summed E-state index contributed by atoms with van der Waals surface area (Å²) in [4.78, 5) is 5.86. The van der Waals surface area contributed by atoms with E-state index in [2.05, 4.69) is 9.97 Å². The molecule has 4 N–H and O–H groups in total. The first-order valence-corrected chi connectivity index (χ1v) is 7.73. The molecule has 9 nitrogen and oxygen atoms in total. The van der Waals surface area contributed by atoms with E-state index in [9.17, 15) is 43.2 Å². The van der Waals surface area contributed by atoms with E-state index >= 15 is 0 Å². The highest BCUT2D eigenvalue weighted by Crippen LogP contribution is 2.27. The third-order valence-electron chi connectivity index (χ3n) is 1.61. The molecule has 0 radical (unpaired) electrons. The summed E-state index contributed by atoms with van der Waals surface area (Å²) in [6.07, 6.45) is 0. The van der Waals surface area contributed by atoms with E-state index < -0.39 is 35.2 Å². The van der Waals surface area contributed by atoms with Crippen molar-refractivity contribution in [2.75, 3.05) is 0 Å². The largest absolute Gasteiger partial charge is 0.512 e. The maximum Gasteiger partial charge on any atom is 0.512 e. The molecular formula is C6H7F6N3O6S2. The first-order chi connectivity index (χ1) is 9.91. The molecular weight excluding hydrogens is 388 g/mol. The minimum atomic E-state index is -6.60. The Hall–Kier alpha value is -1.75. The Kier molecular flexibility index (Phi) is 5.91. The highest BCUT2D eigenvalue weighted by Gasteiger charge is 2.55. The summed E-state index contributed by atoms with van der Waals surface area (Å²) in [5.41, 5.74) is -12.3. The molecule has 136 valence electrons. The number of sulfonamides is 2. The molecule has 0 aromatic carbocycles. The van der Waals surface area contributed by atoms with Gasteiger partial charge in [0.15, 0.2) is 0 Å². The number of H-pyrrole nitrogens is 1. The smallest absolute Gasteiger partial charge is 0.491 e. The number of nitrogens with one attached hydrogen (secondary N) is 2. The Labute approximate surface area is 124 Å². The van der Waals surface area contributed by atoms with Gasteiger partial charge in [0.1, 0.15) is 5.82 Å². The number of hydrogen-bond acceptors (Lipinski definition) is 7. The molecule has 1 aromatic heterocycles. The molecule has 17 heteroatoms. The van der Waals surface area contributed by atoms with Gasteiger partial charge in [-0.05, 0) is 6.92 Å². The zero-order valence-electron chi connectivity index (χ0n) is 10.6. The van der Waals surface area contributed by atoms with E-state index in [0.29, 0.717) is 5.82 Å². The summed E-state index contributed by atoms with van der Waals surface area (Å²) >= 11 is 0. The molecule has 0 bridgehead atoms. The van der Waals surface area contributed by atoms with Crippen molar-refractivity contribution in [3.05, 3.63) is 5.82 Å². The number of aryl methyl sites for hydroxylation is 1. The van der Waals surface area contributed by atoms with Gasteiger partial charge in [0, 0.05) is 0 Å². The van der Waals surface area contributed by atoms with Crippen LogP contribution in [0.15, 0.2) is 0 Å². The predicted octanol–water partition coefficient (Wildman–Crippen LogP) is 0.405. The summed E-state index contributed by atoms with van der Waals surface area (Å²) in [7, 11) is -13.2. The molecule has 0 fully saturated rings. The Bertz CT molecular complexity index is 687. The van der Waals surface area contributed by atoms with Gasteiger partial charge in [0.2, 0.25) is 0 Å². The lowest BCUT2D eigenvalue weighted by molar-refractivity contribution is -0.0476. The number of aromatic nitrogens is 2. The van der Waals surface area contributed by atoms with Crippen LogP contribution in [0.3, 0.4) is 0 Å². The highest BCUT2D eigenvalue weighted by molar-refractivity contribution is 8.05. The normalized spacial score (nSPS) is 13.3. The van der Waals surface area contributed by atoms with Crippen molar-refractivity contribution in [2.45, 2.75) is 17.9 Å². The third-order valence-corrected chi connectivity index (χ3v) is 4.59. The first-order valence-electron chi connectivity index (χ1n) is 4.76. The molecule has 0 saturated carbocycles. The van der Waals surface area contributed by atoms with Crippen LogP contribution in [0.4, 0.5) is 26.3 Å². The van der Waals surface area contributed by atoms with Crippen molar-refractivity contribution in [3.8, 4) is 11.8 Å². The van der Waals surface area contributed by atoms with Crippen LogP contribution in [0, 0.1) is 6.92 Å². The molecule has 1 heterocycles. The van der Waals surface area contributed by atoms with Crippen LogP contribution >= 0.6 is 0 Å². The molecule has 0 amide bonds. The molecule has 0 atom stereocenters. The Balaban J connectivity index is 0.000000502. The molecule has 0 aliphatic rings. The van der Waals surface area contributed by atoms with Gasteiger partial charge in [-0.1, -0.05) is 4.13 Å². The van der Waals surface area contributed by atoms with Gasteiger partial charge in [-0.25, -0.2) is 16.8 Å². The van der Waals surface area contributed by atoms with Gasteiger partial charge in [-0.15, -0.1) is 0 Å². The molecule has 0 unspecified atom stereocenters. The predicted molar refractivity (Wildman–Crippen MR) is 59.7 cm³/mol. The lowest BCUT2D eigenvalue weighted by Gasteiger charge is -2.11. The van der Waals surface area contributed by atoms with Crippen molar-refractivity contribution in [3.63, 3.8) is 0 Å². The molecule has 1 aromatic rings. The molecule has 0 saturated heterocycles. The second kappa shape index (κ2) is 6.40. The van der Waals surface area contributed by atoms with E-state index in [4.69, 9.17) is 10.2 Å². The molecule has 0 aliphatic carbocycles. The average molecular weight is 395 g/mol. The standard InChI is InChI=1S/C4H6N2O2.C2HF6NO4S2/c1-2-5-3(7)4(8)6-2;3-1(4,5)14(10,11)9-15(12,13)2(6,7)8/h7-8H,1H3,(H,5,6);9H. The minimum Gasteiger partial charge on any atom is -0.491 e. The van der Waals surface area contributed by atoms with Crippen molar-refractivity contribution in [1.29, 1.82) is 0 Å². The van der Waals surface area contributed by atoms with Gasteiger partial charge in [-0.3, -0.25) is 0 Å². The molecule has 23 heavy (non-hydrogen) atoms. The summed E-state index contributed by atoms with van der Waals surface area (Å²) in [6.45, 7) is 1.64. The van der Waals surface area contributed by atoms with Gasteiger partial charge in [0.25, 0.3) is 11.8 Å². The number of nitrogens with zero attached hydrogens (tertiary/aromatic N) is 1. The van der Waals surface area contributed by atoms with Crippen LogP contribution in [-0.2, 0) is 20.0 Å². The monoisotopic (exact) mass is 395 g/mol. The van der Waals surface area contributed by atoms with Crippen LogP contribution < -0.4 is 4.13 Å². The molecule has 0 spiro atoms. The average Bonchev–Trinajstić information content (AvgIpc) is 2.51. The first kappa shape index (κ1) is 21.2. The highest BCUT2D eigenvalue weighted by atomic mass is 32.3. The number of aromatic hydroxyl groups is 2. The lowest BCUT2D eigenvalue weighted by atomic mass is 10.8. The summed E-state index contributed by atoms with van der Waals surface area (Å²) in [5, 5.41) is 17.1. The lowest BCUT2D eigenvalue weighted by Crippen LogP contribution is -2.45. The minimum absolute atomic E-state index is 0.275. The van der Waals surface area contributed by atoms with E-state index in [-0.39, 0.29) is 11.8 Å². The number of rotatable bonds is 2. The topological polar surface area (TPSA) is 149 Å². The Morgan fingerprint density at radius 3 is 1.43 bits per heavy atom. The van der Waals surface area contributed by atoms with Gasteiger partial charge in [-0.2, -0.15) is 31.3 Å². The van der Waals surface area contributed by atoms with Crippen molar-refractivity contribution in [1.82, 2.24) is 14.1 Å². The number of imidazole rings is 1. The maximum atomic E-state index is 11.5. The van der Waals surface area contributed by atoms with Gasteiger partial charge in [0.05, 0.1) is 0 Å². The molecule has 1 rings (SSSR count).